The third-order valence-corrected chi connectivity index (χ3v) is 8.64. The SMILES string of the molecule is CCCCS[C@@]1(c2ccc(-c3ccccc3)cc2)CC(C(=O)O)N(C(=O)[C@@H](NC(=O)OC(C)(C)C)C(C)(C)C)C1. The Morgan fingerprint density at radius 2 is 1.62 bits per heavy atom. The monoisotopic (exact) mass is 568 g/mol. The van der Waals surface area contributed by atoms with Gasteiger partial charge in [-0.25, -0.2) is 9.59 Å². The Balaban J connectivity index is 1.97. The molecule has 3 rings (SSSR count). The fourth-order valence-electron chi connectivity index (χ4n) is 4.97. The van der Waals surface area contributed by atoms with E-state index in [-0.39, 0.29) is 13.0 Å². The van der Waals surface area contributed by atoms with E-state index in [1.165, 1.54) is 4.90 Å². The molecule has 1 heterocycles. The predicted octanol–water partition coefficient (Wildman–Crippen LogP) is 6.71. The molecule has 8 heteroatoms. The summed E-state index contributed by atoms with van der Waals surface area (Å²) < 4.78 is 4.85. The number of likely N-dealkylation sites (tertiary alicyclic amines) is 1. The summed E-state index contributed by atoms with van der Waals surface area (Å²) in [6.07, 6.45) is 1.60. The van der Waals surface area contributed by atoms with Crippen molar-refractivity contribution in [2.45, 2.75) is 90.2 Å². The molecule has 0 saturated carbocycles. The Hall–Kier alpha value is -3.00. The Labute approximate surface area is 243 Å². The summed E-state index contributed by atoms with van der Waals surface area (Å²) in [6, 6.07) is 16.4. The van der Waals surface area contributed by atoms with Crippen LogP contribution in [0.2, 0.25) is 0 Å². The summed E-state index contributed by atoms with van der Waals surface area (Å²) in [4.78, 5) is 40.8. The van der Waals surface area contributed by atoms with Gasteiger partial charge in [0.15, 0.2) is 0 Å². The van der Waals surface area contributed by atoms with Gasteiger partial charge in [0.1, 0.15) is 17.7 Å². The van der Waals surface area contributed by atoms with Crippen LogP contribution in [0, 0.1) is 5.41 Å². The van der Waals surface area contributed by atoms with E-state index in [9.17, 15) is 19.5 Å². The minimum Gasteiger partial charge on any atom is -0.480 e. The van der Waals surface area contributed by atoms with Crippen molar-refractivity contribution in [1.29, 1.82) is 0 Å². The number of carbonyl (C=O) groups is 3. The van der Waals surface area contributed by atoms with Crippen LogP contribution in [0.4, 0.5) is 4.79 Å². The van der Waals surface area contributed by atoms with Crippen LogP contribution < -0.4 is 5.32 Å². The van der Waals surface area contributed by atoms with Gasteiger partial charge in [0.2, 0.25) is 5.91 Å². The average molecular weight is 569 g/mol. The lowest BCUT2D eigenvalue weighted by atomic mass is 9.85. The number of hydrogen-bond acceptors (Lipinski definition) is 5. The molecular formula is C32H44N2O5S. The van der Waals surface area contributed by atoms with E-state index in [0.717, 1.165) is 35.3 Å². The highest BCUT2D eigenvalue weighted by Crippen LogP contribution is 2.48. The van der Waals surface area contributed by atoms with Gasteiger partial charge < -0.3 is 20.1 Å². The maximum atomic E-state index is 14.1. The zero-order chi connectivity index (χ0) is 29.7. The van der Waals surface area contributed by atoms with Gasteiger partial charge in [-0.1, -0.05) is 88.7 Å². The lowest BCUT2D eigenvalue weighted by Crippen LogP contribution is -2.57. The molecule has 0 spiro atoms. The summed E-state index contributed by atoms with van der Waals surface area (Å²) in [5.41, 5.74) is 1.78. The largest absolute Gasteiger partial charge is 0.480 e. The molecule has 1 unspecified atom stereocenters. The van der Waals surface area contributed by atoms with Crippen LogP contribution in [0.15, 0.2) is 54.6 Å². The molecule has 3 atom stereocenters. The summed E-state index contributed by atoms with van der Waals surface area (Å²) in [5.74, 6) is -0.605. The Morgan fingerprint density at radius 1 is 1.02 bits per heavy atom. The average Bonchev–Trinajstić information content (AvgIpc) is 3.27. The number of hydrogen-bond donors (Lipinski definition) is 2. The first-order valence-corrected chi connectivity index (χ1v) is 15.0. The quantitative estimate of drug-likeness (QED) is 0.327. The van der Waals surface area contributed by atoms with Crippen molar-refractivity contribution in [2.24, 2.45) is 5.41 Å². The molecule has 1 aliphatic rings. The van der Waals surface area contributed by atoms with Gasteiger partial charge in [0, 0.05) is 6.54 Å². The van der Waals surface area contributed by atoms with Crippen LogP contribution >= 0.6 is 11.8 Å². The van der Waals surface area contributed by atoms with Crippen molar-refractivity contribution in [3.8, 4) is 11.1 Å². The van der Waals surface area contributed by atoms with Crippen molar-refractivity contribution < 1.29 is 24.2 Å². The van der Waals surface area contributed by atoms with E-state index in [0.29, 0.717) is 0 Å². The molecule has 2 aromatic rings. The van der Waals surface area contributed by atoms with Crippen LogP contribution in [-0.4, -0.2) is 58.0 Å². The highest BCUT2D eigenvalue weighted by Gasteiger charge is 2.52. The Kier molecular flexibility index (Phi) is 9.99. The molecule has 7 nitrogen and oxygen atoms in total. The molecule has 0 bridgehead atoms. The molecule has 2 N–H and O–H groups in total. The lowest BCUT2D eigenvalue weighted by molar-refractivity contribution is -0.150. The van der Waals surface area contributed by atoms with Crippen molar-refractivity contribution in [1.82, 2.24) is 10.2 Å². The molecule has 40 heavy (non-hydrogen) atoms. The van der Waals surface area contributed by atoms with Gasteiger partial charge in [0.05, 0.1) is 4.75 Å². The zero-order valence-electron chi connectivity index (χ0n) is 24.8. The molecule has 0 aromatic heterocycles. The highest BCUT2D eigenvalue weighted by atomic mass is 32.2. The van der Waals surface area contributed by atoms with Crippen molar-refractivity contribution in [3.63, 3.8) is 0 Å². The lowest BCUT2D eigenvalue weighted by Gasteiger charge is -2.36. The number of nitrogens with one attached hydrogen (secondary N) is 1. The topological polar surface area (TPSA) is 95.9 Å². The zero-order valence-corrected chi connectivity index (χ0v) is 25.6. The summed E-state index contributed by atoms with van der Waals surface area (Å²) in [7, 11) is 0. The number of aliphatic carboxylic acids is 1. The number of ether oxygens (including phenoxy) is 1. The van der Waals surface area contributed by atoms with Crippen LogP contribution in [-0.2, 0) is 19.1 Å². The van der Waals surface area contributed by atoms with E-state index in [1.807, 2.05) is 39.0 Å². The minimum absolute atomic E-state index is 0.241. The van der Waals surface area contributed by atoms with Gasteiger partial charge in [-0.3, -0.25) is 4.79 Å². The smallest absolute Gasteiger partial charge is 0.408 e. The summed E-state index contributed by atoms with van der Waals surface area (Å²) in [5, 5.41) is 13.0. The van der Waals surface area contributed by atoms with E-state index in [2.05, 4.69) is 48.6 Å². The number of nitrogens with zero attached hydrogens (tertiary/aromatic N) is 1. The number of amides is 2. The molecule has 0 aliphatic carbocycles. The Morgan fingerprint density at radius 3 is 2.15 bits per heavy atom. The first kappa shape index (κ1) is 31.5. The third-order valence-electron chi connectivity index (χ3n) is 7.06. The summed E-state index contributed by atoms with van der Waals surface area (Å²) >= 11 is 1.72. The second-order valence-corrected chi connectivity index (χ2v) is 14.1. The molecule has 218 valence electrons. The first-order valence-electron chi connectivity index (χ1n) is 14.0. The van der Waals surface area contributed by atoms with E-state index < -0.39 is 45.8 Å². The molecule has 0 radical (unpaired) electrons. The van der Waals surface area contributed by atoms with Crippen LogP contribution in [0.25, 0.3) is 11.1 Å². The van der Waals surface area contributed by atoms with Crippen LogP contribution in [0.3, 0.4) is 0 Å². The number of alkyl carbamates (subject to hydrolysis) is 1. The number of thioether (sulfide) groups is 1. The van der Waals surface area contributed by atoms with E-state index in [1.54, 1.807) is 32.5 Å². The van der Waals surface area contributed by atoms with E-state index >= 15 is 0 Å². The van der Waals surface area contributed by atoms with Crippen molar-refractivity contribution in [3.05, 3.63) is 60.2 Å². The van der Waals surface area contributed by atoms with Gasteiger partial charge in [-0.2, -0.15) is 0 Å². The second-order valence-electron chi connectivity index (χ2n) is 12.6. The van der Waals surface area contributed by atoms with Crippen LogP contribution in [0.5, 0.6) is 0 Å². The predicted molar refractivity (Wildman–Crippen MR) is 161 cm³/mol. The first-order chi connectivity index (χ1) is 18.7. The number of unbranched alkanes of at least 4 members (excludes halogenated alkanes) is 1. The molecule has 2 aromatic carbocycles. The number of benzene rings is 2. The molecular weight excluding hydrogens is 524 g/mol. The minimum atomic E-state index is -1.04. The van der Waals surface area contributed by atoms with Gasteiger partial charge in [-0.15, -0.1) is 11.8 Å². The van der Waals surface area contributed by atoms with Crippen LogP contribution in [0.1, 0.15) is 73.3 Å². The molecule has 1 aliphatic heterocycles. The number of rotatable bonds is 9. The normalized spacial score (nSPS) is 20.2. The number of carbonyl (C=O) groups excluding carboxylic acids is 2. The third kappa shape index (κ3) is 7.80. The highest BCUT2D eigenvalue weighted by molar-refractivity contribution is 8.00. The van der Waals surface area contributed by atoms with E-state index in [4.69, 9.17) is 4.74 Å². The van der Waals surface area contributed by atoms with Gasteiger partial charge >= 0.3 is 12.1 Å². The van der Waals surface area contributed by atoms with Crippen molar-refractivity contribution >= 4 is 29.7 Å². The maximum Gasteiger partial charge on any atom is 0.408 e. The second kappa shape index (κ2) is 12.7. The Bertz CT molecular complexity index is 1170. The molecule has 2 amide bonds. The standard InChI is InChI=1S/C32H44N2O5S/c1-8-9-19-40-32(24-17-15-23(16-18-24)22-13-11-10-12-14-22)20-25(28(36)37)34(21-32)27(35)26(30(2,3)4)33-29(38)39-31(5,6)7/h10-18,25-26H,8-9,19-21H2,1-7H3,(H,33,38)(H,36,37)/t25?,26-,32+/m1/s1. The van der Waals surface area contributed by atoms with Crippen molar-refractivity contribution in [2.75, 3.05) is 12.3 Å². The number of carboxylic acid groups (broad SMARTS) is 1. The van der Waals surface area contributed by atoms with Gasteiger partial charge in [-0.05, 0) is 61.5 Å². The van der Waals surface area contributed by atoms with Gasteiger partial charge in [0.25, 0.3) is 0 Å². The maximum absolute atomic E-state index is 14.1. The molecule has 1 fully saturated rings. The fourth-order valence-corrected chi connectivity index (χ4v) is 6.60. The summed E-state index contributed by atoms with van der Waals surface area (Å²) in [6.45, 7) is 13.2. The number of carboxylic acids is 1. The fraction of sp³-hybridized carbons (Fsp3) is 0.531. The molecule has 1 saturated heterocycles.